The van der Waals surface area contributed by atoms with Crippen molar-refractivity contribution in [2.75, 3.05) is 36.0 Å². The summed E-state index contributed by atoms with van der Waals surface area (Å²) in [4.78, 5) is 35.4. The van der Waals surface area contributed by atoms with Gasteiger partial charge in [-0.2, -0.15) is 15.1 Å². The van der Waals surface area contributed by atoms with Crippen LogP contribution in [0, 0.1) is 5.92 Å². The van der Waals surface area contributed by atoms with Gasteiger partial charge in [0, 0.05) is 31.6 Å². The topological polar surface area (TPSA) is 138 Å². The Bertz CT molecular complexity index is 1670. The van der Waals surface area contributed by atoms with E-state index in [4.69, 9.17) is 9.97 Å². The van der Waals surface area contributed by atoms with Crippen LogP contribution in [0.15, 0.2) is 55.1 Å². The second-order valence-electron chi connectivity index (χ2n) is 10.2. The third kappa shape index (κ3) is 4.27. The summed E-state index contributed by atoms with van der Waals surface area (Å²) in [6.07, 6.45) is 7.48. The van der Waals surface area contributed by atoms with Crippen molar-refractivity contribution < 1.29 is 15.0 Å². The molecule has 1 aliphatic carbocycles. The molecule has 5 aromatic rings. The molecule has 1 aliphatic heterocycles. The summed E-state index contributed by atoms with van der Waals surface area (Å²) in [7, 11) is 0. The van der Waals surface area contributed by atoms with Crippen LogP contribution in [-0.2, 0) is 4.79 Å². The fourth-order valence-electron chi connectivity index (χ4n) is 5.25. The number of anilines is 2. The number of carboxylic acid groups (broad SMARTS) is 1. The largest absolute Gasteiger partial charge is 0.506 e. The number of carboxylic acids is 1. The highest BCUT2D eigenvalue weighted by atomic mass is 16.4. The highest BCUT2D eigenvalue weighted by Crippen LogP contribution is 2.38. The van der Waals surface area contributed by atoms with Crippen LogP contribution in [0.3, 0.4) is 0 Å². The molecule has 0 bridgehead atoms. The van der Waals surface area contributed by atoms with Crippen LogP contribution in [0.5, 0.6) is 5.75 Å². The third-order valence-electron chi connectivity index (χ3n) is 7.56. The van der Waals surface area contributed by atoms with Crippen LogP contribution in [0.2, 0.25) is 0 Å². The number of pyridine rings is 1. The van der Waals surface area contributed by atoms with E-state index in [0.29, 0.717) is 61.4 Å². The van der Waals surface area contributed by atoms with E-state index < -0.39 is 12.0 Å². The Balaban J connectivity index is 1.30. The Labute approximate surface area is 223 Å². The van der Waals surface area contributed by atoms with E-state index in [2.05, 4.69) is 24.9 Å². The summed E-state index contributed by atoms with van der Waals surface area (Å²) < 4.78 is 3.44. The fourth-order valence-corrected chi connectivity index (χ4v) is 5.25. The summed E-state index contributed by atoms with van der Waals surface area (Å²) in [5.41, 5.74) is 1.89. The van der Waals surface area contributed by atoms with Crippen LogP contribution >= 0.6 is 0 Å². The van der Waals surface area contributed by atoms with E-state index in [1.807, 2.05) is 24.3 Å². The van der Waals surface area contributed by atoms with Gasteiger partial charge in [0.05, 0.1) is 24.2 Å². The van der Waals surface area contributed by atoms with E-state index >= 15 is 0 Å². The van der Waals surface area contributed by atoms with Crippen LogP contribution in [0.4, 0.5) is 11.8 Å². The normalized spacial score (nSPS) is 16.7. The number of nitrogens with zero attached hydrogens (tertiary/aromatic N) is 9. The van der Waals surface area contributed by atoms with Gasteiger partial charge in [0.2, 0.25) is 5.95 Å². The molecule has 5 heterocycles. The molecule has 2 fully saturated rings. The van der Waals surface area contributed by atoms with Gasteiger partial charge in [-0.3, -0.25) is 0 Å². The average Bonchev–Trinajstić information content (AvgIpc) is 3.53. The SMILES string of the molecule is O=C(O)C(CC1CC1)n1cnc2c(-n3ncc4ccccc43)nc(N3CCN(c4ccc(O)cn4)CC3)nc21. The highest BCUT2D eigenvalue weighted by Gasteiger charge is 2.33. The van der Waals surface area contributed by atoms with Crippen molar-refractivity contribution in [3.63, 3.8) is 0 Å². The maximum Gasteiger partial charge on any atom is 0.326 e. The van der Waals surface area contributed by atoms with Crippen molar-refractivity contribution in [2.24, 2.45) is 5.92 Å². The molecule has 4 aromatic heterocycles. The number of rotatable bonds is 7. The van der Waals surface area contributed by atoms with Crippen molar-refractivity contribution in [3.05, 3.63) is 55.1 Å². The van der Waals surface area contributed by atoms with Crippen LogP contribution in [0.1, 0.15) is 25.3 Å². The van der Waals surface area contributed by atoms with Crippen molar-refractivity contribution in [1.82, 2.24) is 34.3 Å². The van der Waals surface area contributed by atoms with Gasteiger partial charge in [-0.15, -0.1) is 0 Å². The minimum Gasteiger partial charge on any atom is -0.506 e. The van der Waals surface area contributed by atoms with Gasteiger partial charge >= 0.3 is 5.97 Å². The molecule has 1 saturated heterocycles. The molecule has 0 spiro atoms. The van der Waals surface area contributed by atoms with Gasteiger partial charge < -0.3 is 24.6 Å². The summed E-state index contributed by atoms with van der Waals surface area (Å²) in [5, 5.41) is 25.3. The second kappa shape index (κ2) is 9.22. The van der Waals surface area contributed by atoms with Gasteiger partial charge in [0.15, 0.2) is 17.0 Å². The van der Waals surface area contributed by atoms with Gasteiger partial charge in [-0.05, 0) is 30.5 Å². The third-order valence-corrected chi connectivity index (χ3v) is 7.56. The molecule has 0 radical (unpaired) electrons. The molecule has 7 rings (SSSR count). The fraction of sp³-hybridized carbons (Fsp3) is 0.333. The molecule has 1 saturated carbocycles. The summed E-state index contributed by atoms with van der Waals surface area (Å²) in [5.74, 6) is 1.50. The van der Waals surface area contributed by atoms with Gasteiger partial charge in [0.1, 0.15) is 17.6 Å². The Kier molecular flexibility index (Phi) is 5.53. The zero-order valence-electron chi connectivity index (χ0n) is 21.1. The number of aromatic hydroxyl groups is 1. The predicted molar refractivity (Wildman–Crippen MR) is 144 cm³/mol. The number of hydrogen-bond acceptors (Lipinski definition) is 9. The Morgan fingerprint density at radius 2 is 1.77 bits per heavy atom. The molecule has 0 amide bonds. The number of hydrogen-bond donors (Lipinski definition) is 2. The smallest absolute Gasteiger partial charge is 0.326 e. The molecule has 2 N–H and O–H groups in total. The Morgan fingerprint density at radius 1 is 0.974 bits per heavy atom. The zero-order chi connectivity index (χ0) is 26.5. The Morgan fingerprint density at radius 3 is 2.51 bits per heavy atom. The van der Waals surface area contributed by atoms with E-state index in [1.165, 1.54) is 6.20 Å². The van der Waals surface area contributed by atoms with Gasteiger partial charge in [0.25, 0.3) is 0 Å². The van der Waals surface area contributed by atoms with Crippen molar-refractivity contribution in [1.29, 1.82) is 0 Å². The van der Waals surface area contributed by atoms with Crippen LogP contribution < -0.4 is 9.80 Å². The minimum atomic E-state index is -0.887. The average molecular weight is 526 g/mol. The number of aliphatic carboxylic acids is 1. The summed E-state index contributed by atoms with van der Waals surface area (Å²) in [6.45, 7) is 2.67. The zero-order valence-corrected chi connectivity index (χ0v) is 21.1. The predicted octanol–water partition coefficient (Wildman–Crippen LogP) is 3.02. The first kappa shape index (κ1) is 23.4. The van der Waals surface area contributed by atoms with Gasteiger partial charge in [-0.1, -0.05) is 31.0 Å². The molecular weight excluding hydrogens is 498 g/mol. The van der Waals surface area contributed by atoms with Crippen LogP contribution in [0.25, 0.3) is 27.9 Å². The number of fused-ring (bicyclic) bond motifs is 2. The second-order valence-corrected chi connectivity index (χ2v) is 10.2. The molecule has 1 atom stereocenters. The molecule has 2 aliphatic rings. The lowest BCUT2D eigenvalue weighted by atomic mass is 10.1. The maximum atomic E-state index is 12.3. The number of carbonyl (C=O) groups is 1. The van der Waals surface area contributed by atoms with Crippen molar-refractivity contribution in [2.45, 2.75) is 25.3 Å². The number of para-hydroxylation sites is 1. The lowest BCUT2D eigenvalue weighted by Gasteiger charge is -2.35. The van der Waals surface area contributed by atoms with Crippen molar-refractivity contribution >= 4 is 39.8 Å². The van der Waals surface area contributed by atoms with Gasteiger partial charge in [-0.25, -0.2) is 19.4 Å². The standard InChI is InChI=1S/C27H27N9O3/c37-19-7-8-22(28-15-19)33-9-11-34(12-10-33)27-31-24-23(29-16-35(24)21(26(38)39)13-17-5-6-17)25(32-27)36-20-4-2-1-3-18(20)14-30-36/h1-4,7-8,14-17,21,37H,5-6,9-13H2,(H,38,39). The lowest BCUT2D eigenvalue weighted by Crippen LogP contribution is -2.47. The molecule has 198 valence electrons. The summed E-state index contributed by atoms with van der Waals surface area (Å²) >= 11 is 0. The monoisotopic (exact) mass is 525 g/mol. The minimum absolute atomic E-state index is 0.135. The first-order valence-corrected chi connectivity index (χ1v) is 13.1. The number of piperazine rings is 1. The van der Waals surface area contributed by atoms with Crippen LogP contribution in [-0.4, -0.2) is 76.6 Å². The molecule has 12 nitrogen and oxygen atoms in total. The molecular formula is C27H27N9O3. The van der Waals surface area contributed by atoms with E-state index in [-0.39, 0.29) is 5.75 Å². The van der Waals surface area contributed by atoms with Crippen molar-refractivity contribution in [3.8, 4) is 11.6 Å². The number of imidazole rings is 1. The number of aromatic nitrogens is 7. The lowest BCUT2D eigenvalue weighted by molar-refractivity contribution is -0.141. The van der Waals surface area contributed by atoms with E-state index in [1.54, 1.807) is 33.9 Å². The molecule has 1 aromatic carbocycles. The number of benzene rings is 1. The Hall–Kier alpha value is -4.74. The highest BCUT2D eigenvalue weighted by molar-refractivity contribution is 5.86. The van der Waals surface area contributed by atoms with E-state index in [9.17, 15) is 15.0 Å². The quantitative estimate of drug-likeness (QED) is 0.326. The first-order chi connectivity index (χ1) is 19.0. The van der Waals surface area contributed by atoms with E-state index in [0.717, 1.165) is 29.6 Å². The summed E-state index contributed by atoms with van der Waals surface area (Å²) in [6, 6.07) is 10.6. The molecule has 1 unspecified atom stereocenters. The first-order valence-electron chi connectivity index (χ1n) is 13.1. The molecule has 39 heavy (non-hydrogen) atoms. The molecule has 12 heteroatoms. The maximum absolute atomic E-state index is 12.3.